The third-order valence-corrected chi connectivity index (χ3v) is 2.45. The van der Waals surface area contributed by atoms with E-state index in [2.05, 4.69) is 4.18 Å². The van der Waals surface area contributed by atoms with E-state index < -0.39 is 23.1 Å². The van der Waals surface area contributed by atoms with Gasteiger partial charge in [0.2, 0.25) is 0 Å². The highest BCUT2D eigenvalue weighted by Crippen LogP contribution is 2.30. The Morgan fingerprint density at radius 1 is 1.41 bits per heavy atom. The van der Waals surface area contributed by atoms with Crippen LogP contribution in [-0.2, 0) is 14.6 Å². The Kier molecular flexibility index (Phi) is 4.29. The van der Waals surface area contributed by atoms with Gasteiger partial charge in [0.1, 0.15) is 6.10 Å². The summed E-state index contributed by atoms with van der Waals surface area (Å²) in [6.45, 7) is -0.659. The van der Waals surface area contributed by atoms with Gasteiger partial charge in [-0.3, -0.25) is 4.55 Å². The number of methoxy groups -OCH3 is 1. The normalized spacial score (nSPS) is 13.4. The van der Waals surface area contributed by atoms with Gasteiger partial charge in [-0.05, 0) is 17.7 Å². The van der Waals surface area contributed by atoms with Crippen LogP contribution in [0.15, 0.2) is 18.2 Å². The summed E-state index contributed by atoms with van der Waals surface area (Å²) in [6, 6.07) is 3.88. The molecule has 1 atom stereocenters. The number of phenols is 1. The van der Waals surface area contributed by atoms with E-state index in [1.165, 1.54) is 25.3 Å². The Morgan fingerprint density at radius 2 is 2.06 bits per heavy atom. The molecule has 0 amide bonds. The molecular formula is C9H12O7S. The number of ether oxygens (including phenoxy) is 1. The van der Waals surface area contributed by atoms with E-state index in [4.69, 9.17) is 14.4 Å². The van der Waals surface area contributed by atoms with Crippen molar-refractivity contribution in [2.45, 2.75) is 6.10 Å². The average molecular weight is 264 g/mol. The number of rotatable bonds is 5. The van der Waals surface area contributed by atoms with Gasteiger partial charge >= 0.3 is 10.4 Å². The molecule has 0 radical (unpaired) electrons. The molecule has 0 spiro atoms. The largest absolute Gasteiger partial charge is 0.504 e. The average Bonchev–Trinajstić information content (AvgIpc) is 2.25. The summed E-state index contributed by atoms with van der Waals surface area (Å²) < 4.78 is 38.7. The van der Waals surface area contributed by atoms with Crippen molar-refractivity contribution in [3.63, 3.8) is 0 Å². The SMILES string of the molecule is COc1cc(C(CO)OS(=O)(=O)O)ccc1O. The molecule has 1 unspecified atom stereocenters. The highest BCUT2D eigenvalue weighted by atomic mass is 32.3. The van der Waals surface area contributed by atoms with Crippen LogP contribution in [0.1, 0.15) is 11.7 Å². The van der Waals surface area contributed by atoms with Crippen LogP contribution in [0.5, 0.6) is 11.5 Å². The summed E-state index contributed by atoms with van der Waals surface area (Å²) in [7, 11) is -3.36. The van der Waals surface area contributed by atoms with Crippen molar-refractivity contribution in [3.05, 3.63) is 23.8 Å². The zero-order valence-electron chi connectivity index (χ0n) is 8.90. The van der Waals surface area contributed by atoms with E-state index in [0.29, 0.717) is 0 Å². The summed E-state index contributed by atoms with van der Waals surface area (Å²) in [4.78, 5) is 0. The molecule has 0 aliphatic rings. The fourth-order valence-corrected chi connectivity index (χ4v) is 1.70. The fraction of sp³-hybridized carbons (Fsp3) is 0.333. The standard InChI is InChI=1S/C9H12O7S/c1-15-8-4-6(2-3-7(8)11)9(5-10)16-17(12,13)14/h2-4,9-11H,5H2,1H3,(H,12,13,14). The summed E-state index contributed by atoms with van der Waals surface area (Å²) in [6.07, 6.45) is -1.26. The van der Waals surface area contributed by atoms with Gasteiger partial charge in [-0.1, -0.05) is 6.07 Å². The molecule has 0 aliphatic heterocycles. The minimum atomic E-state index is -4.68. The lowest BCUT2D eigenvalue weighted by Crippen LogP contribution is -2.14. The van der Waals surface area contributed by atoms with E-state index >= 15 is 0 Å². The molecule has 0 saturated carbocycles. The number of aliphatic hydroxyl groups is 1. The van der Waals surface area contributed by atoms with Crippen molar-refractivity contribution in [3.8, 4) is 11.5 Å². The van der Waals surface area contributed by atoms with Crippen molar-refractivity contribution >= 4 is 10.4 Å². The van der Waals surface area contributed by atoms with Crippen LogP contribution >= 0.6 is 0 Å². The quantitative estimate of drug-likeness (QED) is 0.653. The van der Waals surface area contributed by atoms with Crippen molar-refractivity contribution < 1.29 is 32.1 Å². The molecule has 0 bridgehead atoms. The van der Waals surface area contributed by atoms with Gasteiger partial charge in [0.25, 0.3) is 0 Å². The monoisotopic (exact) mass is 264 g/mol. The number of aliphatic hydroxyl groups excluding tert-OH is 1. The van der Waals surface area contributed by atoms with Crippen LogP contribution in [0.2, 0.25) is 0 Å². The van der Waals surface area contributed by atoms with E-state index in [1.54, 1.807) is 0 Å². The first-order valence-electron chi connectivity index (χ1n) is 4.51. The molecule has 0 fully saturated rings. The molecule has 1 rings (SSSR count). The zero-order chi connectivity index (χ0) is 13.1. The topological polar surface area (TPSA) is 113 Å². The lowest BCUT2D eigenvalue weighted by Gasteiger charge is -2.14. The first-order valence-corrected chi connectivity index (χ1v) is 5.87. The van der Waals surface area contributed by atoms with Gasteiger partial charge in [0.15, 0.2) is 11.5 Å². The predicted molar refractivity (Wildman–Crippen MR) is 57.1 cm³/mol. The Labute approximate surface area is 98.2 Å². The Balaban J connectivity index is 3.04. The minimum absolute atomic E-state index is 0.0971. The third-order valence-electron chi connectivity index (χ3n) is 1.98. The van der Waals surface area contributed by atoms with Gasteiger partial charge in [-0.2, -0.15) is 8.42 Å². The maximum Gasteiger partial charge on any atom is 0.398 e. The second kappa shape index (κ2) is 5.32. The minimum Gasteiger partial charge on any atom is -0.504 e. The first kappa shape index (κ1) is 13.7. The molecule has 0 aromatic heterocycles. The molecular weight excluding hydrogens is 252 g/mol. The number of phenolic OH excluding ortho intramolecular Hbond substituents is 1. The summed E-state index contributed by atoms with van der Waals surface area (Å²) in [5, 5.41) is 18.3. The molecule has 0 heterocycles. The van der Waals surface area contributed by atoms with E-state index in [-0.39, 0.29) is 17.1 Å². The van der Waals surface area contributed by atoms with Crippen molar-refractivity contribution in [1.82, 2.24) is 0 Å². The van der Waals surface area contributed by atoms with E-state index in [9.17, 15) is 13.5 Å². The molecule has 8 heteroatoms. The molecule has 3 N–H and O–H groups in total. The number of benzene rings is 1. The molecule has 1 aromatic rings. The zero-order valence-corrected chi connectivity index (χ0v) is 9.72. The Bertz CT molecular complexity index is 482. The highest BCUT2D eigenvalue weighted by Gasteiger charge is 2.19. The maximum atomic E-state index is 10.5. The second-order valence-electron chi connectivity index (χ2n) is 3.13. The van der Waals surface area contributed by atoms with E-state index in [1.807, 2.05) is 0 Å². The number of aromatic hydroxyl groups is 1. The Hall–Kier alpha value is -1.35. The lowest BCUT2D eigenvalue weighted by molar-refractivity contribution is 0.108. The lowest BCUT2D eigenvalue weighted by atomic mass is 10.1. The van der Waals surface area contributed by atoms with Gasteiger partial charge < -0.3 is 14.9 Å². The van der Waals surface area contributed by atoms with E-state index in [0.717, 1.165) is 0 Å². The Morgan fingerprint density at radius 3 is 2.53 bits per heavy atom. The van der Waals surface area contributed by atoms with Crippen LogP contribution in [0.3, 0.4) is 0 Å². The van der Waals surface area contributed by atoms with Gasteiger partial charge in [-0.25, -0.2) is 4.18 Å². The highest BCUT2D eigenvalue weighted by molar-refractivity contribution is 7.80. The van der Waals surface area contributed by atoms with Crippen LogP contribution in [0.25, 0.3) is 0 Å². The molecule has 0 aliphatic carbocycles. The van der Waals surface area contributed by atoms with Crippen molar-refractivity contribution in [1.29, 1.82) is 0 Å². The second-order valence-corrected chi connectivity index (χ2v) is 4.17. The molecule has 7 nitrogen and oxygen atoms in total. The van der Waals surface area contributed by atoms with Gasteiger partial charge in [-0.15, -0.1) is 0 Å². The number of hydrogen-bond acceptors (Lipinski definition) is 6. The van der Waals surface area contributed by atoms with Crippen LogP contribution in [-0.4, -0.2) is 36.9 Å². The van der Waals surface area contributed by atoms with Crippen LogP contribution < -0.4 is 4.74 Å². The van der Waals surface area contributed by atoms with Gasteiger partial charge in [0.05, 0.1) is 13.7 Å². The summed E-state index contributed by atoms with van der Waals surface area (Å²) >= 11 is 0. The van der Waals surface area contributed by atoms with Crippen molar-refractivity contribution in [2.24, 2.45) is 0 Å². The third kappa shape index (κ3) is 3.86. The summed E-state index contributed by atoms with van der Waals surface area (Å²) in [5.74, 6) is -0.0420. The maximum absolute atomic E-state index is 10.5. The van der Waals surface area contributed by atoms with Gasteiger partial charge in [0, 0.05) is 0 Å². The molecule has 17 heavy (non-hydrogen) atoms. The summed E-state index contributed by atoms with van der Waals surface area (Å²) in [5.41, 5.74) is 0.236. The fourth-order valence-electron chi connectivity index (χ4n) is 1.23. The molecule has 0 saturated heterocycles. The smallest absolute Gasteiger partial charge is 0.398 e. The predicted octanol–water partition coefficient (Wildman–Crippen LogP) is 0.254. The molecule has 1 aromatic carbocycles. The molecule has 96 valence electrons. The van der Waals surface area contributed by atoms with Crippen LogP contribution in [0.4, 0.5) is 0 Å². The number of hydrogen-bond donors (Lipinski definition) is 3. The van der Waals surface area contributed by atoms with Crippen LogP contribution in [0, 0.1) is 0 Å². The van der Waals surface area contributed by atoms with Crippen molar-refractivity contribution in [2.75, 3.05) is 13.7 Å². The first-order chi connectivity index (χ1) is 7.87.